The van der Waals surface area contributed by atoms with Gasteiger partial charge in [-0.1, -0.05) is 12.1 Å². The molecule has 204 valence electrons. The minimum Gasteiger partial charge on any atom is -0.496 e. The van der Waals surface area contributed by atoms with Crippen molar-refractivity contribution in [1.82, 2.24) is 15.6 Å². The number of rotatable bonds is 8. The number of nitrogens with one attached hydrogen (secondary N) is 2. The Balaban J connectivity index is 1.19. The first-order valence-electron chi connectivity index (χ1n) is 13.2. The molecule has 2 aromatic carbocycles. The maximum atomic E-state index is 13.6. The van der Waals surface area contributed by atoms with Gasteiger partial charge in [-0.2, -0.15) is 0 Å². The van der Waals surface area contributed by atoms with Crippen LogP contribution in [-0.2, 0) is 6.54 Å². The van der Waals surface area contributed by atoms with Crippen molar-refractivity contribution < 1.29 is 23.5 Å². The fraction of sp³-hybridized carbons (Fsp3) is 0.367. The molecule has 0 spiro atoms. The van der Waals surface area contributed by atoms with E-state index in [0.29, 0.717) is 16.9 Å². The summed E-state index contributed by atoms with van der Waals surface area (Å²) in [6.45, 7) is 2.14. The number of fused-ring (bicyclic) bond motifs is 2. The third-order valence-corrected chi connectivity index (χ3v) is 7.76. The third kappa shape index (κ3) is 5.53. The highest BCUT2D eigenvalue weighted by Crippen LogP contribution is 2.38. The number of hydrogen-bond acceptors (Lipinski definition) is 6. The van der Waals surface area contributed by atoms with Gasteiger partial charge in [0, 0.05) is 42.0 Å². The number of nitrogens with zero attached hydrogens (tertiary/aromatic N) is 2. The first-order valence-corrected chi connectivity index (χ1v) is 13.2. The van der Waals surface area contributed by atoms with E-state index in [4.69, 9.17) is 9.47 Å². The highest BCUT2D eigenvalue weighted by molar-refractivity contribution is 5.96. The van der Waals surface area contributed by atoms with Crippen LogP contribution in [0.3, 0.4) is 0 Å². The average molecular weight is 533 g/mol. The Morgan fingerprint density at radius 3 is 2.41 bits per heavy atom. The van der Waals surface area contributed by atoms with Crippen LogP contribution in [-0.4, -0.2) is 49.1 Å². The van der Waals surface area contributed by atoms with Crippen LogP contribution in [0.2, 0.25) is 0 Å². The van der Waals surface area contributed by atoms with Crippen LogP contribution >= 0.6 is 0 Å². The van der Waals surface area contributed by atoms with Gasteiger partial charge in [0.25, 0.3) is 11.8 Å². The van der Waals surface area contributed by atoms with Gasteiger partial charge in [0.15, 0.2) is 11.6 Å². The van der Waals surface area contributed by atoms with Gasteiger partial charge in [-0.05, 0) is 74.6 Å². The molecule has 2 atom stereocenters. The van der Waals surface area contributed by atoms with Crippen molar-refractivity contribution >= 4 is 17.6 Å². The summed E-state index contributed by atoms with van der Waals surface area (Å²) in [5, 5.41) is 6.08. The summed E-state index contributed by atoms with van der Waals surface area (Å²) in [5.41, 5.74) is 2.66. The molecule has 0 saturated carbocycles. The van der Waals surface area contributed by atoms with Crippen LogP contribution in [0.1, 0.15) is 57.5 Å². The summed E-state index contributed by atoms with van der Waals surface area (Å²) >= 11 is 0. The number of carbonyl (C=O) groups is 2. The summed E-state index contributed by atoms with van der Waals surface area (Å²) in [5.74, 6) is 0.916. The van der Waals surface area contributed by atoms with Gasteiger partial charge < -0.3 is 25.0 Å². The van der Waals surface area contributed by atoms with E-state index in [0.717, 1.165) is 42.6 Å². The molecular formula is C30H33FN4O4. The number of carbonyl (C=O) groups excluding carboxylic acids is 2. The number of piperidine rings is 1. The van der Waals surface area contributed by atoms with Crippen LogP contribution in [0.25, 0.3) is 0 Å². The van der Waals surface area contributed by atoms with Gasteiger partial charge in [0.2, 0.25) is 0 Å². The second-order valence-corrected chi connectivity index (χ2v) is 10.1. The normalized spacial score (nSPS) is 19.9. The number of anilines is 1. The molecule has 8 nitrogen and oxygen atoms in total. The zero-order valence-corrected chi connectivity index (χ0v) is 22.4. The minimum absolute atomic E-state index is 0.0724. The van der Waals surface area contributed by atoms with Gasteiger partial charge in [0.05, 0.1) is 19.8 Å². The first-order chi connectivity index (χ1) is 18.9. The number of hydrogen-bond donors (Lipinski definition) is 2. The Kier molecular flexibility index (Phi) is 7.67. The summed E-state index contributed by atoms with van der Waals surface area (Å²) in [4.78, 5) is 32.7. The van der Waals surface area contributed by atoms with Crippen molar-refractivity contribution in [3.63, 3.8) is 0 Å². The molecule has 0 radical (unpaired) electrons. The molecule has 2 saturated heterocycles. The first kappa shape index (κ1) is 26.5. The van der Waals surface area contributed by atoms with Gasteiger partial charge in [-0.3, -0.25) is 9.59 Å². The van der Waals surface area contributed by atoms with Crippen LogP contribution in [0.5, 0.6) is 11.5 Å². The fourth-order valence-electron chi connectivity index (χ4n) is 5.79. The third-order valence-electron chi connectivity index (χ3n) is 7.76. The maximum absolute atomic E-state index is 13.6. The van der Waals surface area contributed by atoms with Crippen molar-refractivity contribution in [3.8, 4) is 11.5 Å². The molecular weight excluding hydrogens is 499 g/mol. The quantitative estimate of drug-likeness (QED) is 0.447. The summed E-state index contributed by atoms with van der Waals surface area (Å²) in [7, 11) is 3.01. The molecule has 39 heavy (non-hydrogen) atoms. The number of amides is 2. The largest absolute Gasteiger partial charge is 0.496 e. The van der Waals surface area contributed by atoms with E-state index >= 15 is 0 Å². The van der Waals surface area contributed by atoms with Crippen molar-refractivity contribution in [1.29, 1.82) is 0 Å². The molecule has 2 N–H and O–H groups in total. The second-order valence-electron chi connectivity index (χ2n) is 10.1. The van der Waals surface area contributed by atoms with Crippen LogP contribution in [0.4, 0.5) is 10.2 Å². The molecule has 2 bridgehead atoms. The van der Waals surface area contributed by atoms with Gasteiger partial charge in [-0.25, -0.2) is 9.37 Å². The van der Waals surface area contributed by atoms with E-state index in [2.05, 4.69) is 20.5 Å². The number of ether oxygens (including phenoxy) is 2. The lowest BCUT2D eigenvalue weighted by Gasteiger charge is -2.40. The molecule has 2 unspecified atom stereocenters. The van der Waals surface area contributed by atoms with Gasteiger partial charge in [-0.15, -0.1) is 0 Å². The summed E-state index contributed by atoms with van der Waals surface area (Å²) in [6, 6.07) is 14.3. The molecule has 2 aliphatic rings. The fourth-order valence-corrected chi connectivity index (χ4v) is 5.79. The topological polar surface area (TPSA) is 92.8 Å². The Morgan fingerprint density at radius 2 is 1.74 bits per heavy atom. The minimum atomic E-state index is -0.445. The summed E-state index contributed by atoms with van der Waals surface area (Å²) < 4.78 is 24.0. The lowest BCUT2D eigenvalue weighted by Crippen LogP contribution is -2.50. The Bertz CT molecular complexity index is 1350. The number of methoxy groups -OCH3 is 2. The van der Waals surface area contributed by atoms with E-state index in [1.807, 2.05) is 31.2 Å². The number of benzene rings is 2. The molecule has 9 heteroatoms. The zero-order chi connectivity index (χ0) is 27.5. The van der Waals surface area contributed by atoms with E-state index in [9.17, 15) is 14.0 Å². The smallest absolute Gasteiger partial charge is 0.253 e. The molecule has 3 heterocycles. The summed E-state index contributed by atoms with van der Waals surface area (Å²) in [6.07, 6.45) is 5.36. The highest BCUT2D eigenvalue weighted by atomic mass is 19.1. The number of aromatic nitrogens is 1. The predicted molar refractivity (Wildman–Crippen MR) is 146 cm³/mol. The monoisotopic (exact) mass is 532 g/mol. The zero-order valence-electron chi connectivity index (χ0n) is 22.4. The molecule has 2 fully saturated rings. The van der Waals surface area contributed by atoms with E-state index in [1.54, 1.807) is 31.5 Å². The standard InChI is InChI=1S/C30H33FN4O4/c1-18-24(5-4-6-26(18)38-2)30(37)34-21-14-22-9-10-23(15-21)35(22)28-12-8-20(17-32-28)29(36)33-16-19-7-11-25(31)27(13-19)39-3/h4-8,11-13,17,21-23H,9-10,14-16H2,1-3H3,(H,33,36)(H,34,37). The SMILES string of the molecule is COc1cc(CNC(=O)c2ccc(N3C4CCC3CC(NC(=O)c3cccc(OC)c3C)C4)nc2)ccc1F. The van der Waals surface area contributed by atoms with E-state index in [1.165, 1.54) is 13.2 Å². The van der Waals surface area contributed by atoms with Crippen LogP contribution in [0, 0.1) is 12.7 Å². The molecule has 5 rings (SSSR count). The Morgan fingerprint density at radius 1 is 1.00 bits per heavy atom. The molecule has 1 aromatic heterocycles. The number of halogens is 1. The van der Waals surface area contributed by atoms with Crippen molar-refractivity contribution in [2.75, 3.05) is 19.1 Å². The predicted octanol–water partition coefficient (Wildman–Crippen LogP) is 4.41. The lowest BCUT2D eigenvalue weighted by molar-refractivity contribution is 0.0923. The van der Waals surface area contributed by atoms with Crippen molar-refractivity contribution in [2.45, 2.75) is 57.3 Å². The maximum Gasteiger partial charge on any atom is 0.253 e. The Labute approximate surface area is 227 Å². The molecule has 3 aromatic rings. The molecule has 2 amide bonds. The second kappa shape index (κ2) is 11.3. The van der Waals surface area contributed by atoms with Crippen LogP contribution in [0.15, 0.2) is 54.7 Å². The Hall–Kier alpha value is -4.14. The molecule has 0 aliphatic carbocycles. The van der Waals surface area contributed by atoms with E-state index in [-0.39, 0.29) is 42.2 Å². The van der Waals surface area contributed by atoms with Crippen molar-refractivity contribution in [3.05, 3.63) is 82.8 Å². The molecule has 2 aliphatic heterocycles. The lowest BCUT2D eigenvalue weighted by atomic mass is 9.96. The average Bonchev–Trinajstić information content (AvgIpc) is 3.22. The number of pyridine rings is 1. The van der Waals surface area contributed by atoms with E-state index < -0.39 is 5.82 Å². The van der Waals surface area contributed by atoms with Gasteiger partial charge >= 0.3 is 0 Å². The van der Waals surface area contributed by atoms with Gasteiger partial charge in [0.1, 0.15) is 11.6 Å². The van der Waals surface area contributed by atoms with Crippen molar-refractivity contribution in [2.24, 2.45) is 0 Å². The highest BCUT2D eigenvalue weighted by Gasteiger charge is 2.42. The van der Waals surface area contributed by atoms with Crippen LogP contribution < -0.4 is 25.0 Å².